The van der Waals surface area contributed by atoms with Crippen LogP contribution in [0.5, 0.6) is 5.75 Å². The van der Waals surface area contributed by atoms with Crippen molar-refractivity contribution in [3.8, 4) is 11.6 Å². The van der Waals surface area contributed by atoms with Gasteiger partial charge in [-0.25, -0.2) is 19.0 Å². The van der Waals surface area contributed by atoms with Gasteiger partial charge in [0.2, 0.25) is 5.95 Å². The number of hydrogen-bond donors (Lipinski definition) is 2. The number of piperazine rings is 1. The summed E-state index contributed by atoms with van der Waals surface area (Å²) < 4.78 is 9.99. The lowest BCUT2D eigenvalue weighted by Gasteiger charge is -2.30. The summed E-state index contributed by atoms with van der Waals surface area (Å²) in [5.41, 5.74) is 1.64. The minimum atomic E-state index is -0.280. The lowest BCUT2D eigenvalue weighted by Crippen LogP contribution is -2.43. The predicted molar refractivity (Wildman–Crippen MR) is 147 cm³/mol. The first kappa shape index (κ1) is 25.2. The van der Waals surface area contributed by atoms with Crippen LogP contribution in [0.3, 0.4) is 0 Å². The van der Waals surface area contributed by atoms with Gasteiger partial charge in [0.05, 0.1) is 19.7 Å². The van der Waals surface area contributed by atoms with E-state index in [1.807, 2.05) is 32.0 Å². The van der Waals surface area contributed by atoms with Crippen LogP contribution in [0.15, 0.2) is 58.8 Å². The van der Waals surface area contributed by atoms with E-state index in [9.17, 15) is 9.59 Å². The fraction of sp³-hybridized carbons (Fsp3) is 0.346. The summed E-state index contributed by atoms with van der Waals surface area (Å²) >= 11 is 0. The summed E-state index contributed by atoms with van der Waals surface area (Å²) in [6.07, 6.45) is 3.12. The van der Waals surface area contributed by atoms with Crippen molar-refractivity contribution in [2.24, 2.45) is 0 Å². The van der Waals surface area contributed by atoms with Crippen LogP contribution in [0.4, 0.5) is 17.3 Å². The van der Waals surface area contributed by atoms with E-state index in [4.69, 9.17) is 9.72 Å². The van der Waals surface area contributed by atoms with E-state index in [1.165, 1.54) is 21.6 Å². The van der Waals surface area contributed by atoms with Crippen molar-refractivity contribution in [3.63, 3.8) is 0 Å². The molecule has 1 fully saturated rings. The number of hydrogen-bond acceptors (Lipinski definition) is 9. The number of methoxy groups -OCH3 is 1. The highest BCUT2D eigenvalue weighted by Gasteiger charge is 2.19. The molecule has 0 unspecified atom stereocenters. The Bertz CT molecular complexity index is 1600. The molecule has 0 atom stereocenters. The first-order valence-corrected chi connectivity index (χ1v) is 12.5. The summed E-state index contributed by atoms with van der Waals surface area (Å²) in [4.78, 5) is 37.0. The Hall–Kier alpha value is -4.45. The monoisotopic (exact) mass is 517 g/mol. The molecule has 5 rings (SSSR count). The first-order valence-electron chi connectivity index (χ1n) is 12.5. The highest BCUT2D eigenvalue weighted by molar-refractivity contribution is 5.77. The fourth-order valence-corrected chi connectivity index (χ4v) is 4.51. The predicted octanol–water partition coefficient (Wildman–Crippen LogP) is 2.07. The van der Waals surface area contributed by atoms with Gasteiger partial charge in [0.15, 0.2) is 11.5 Å². The smallest absolute Gasteiger partial charge is 0.278 e. The van der Waals surface area contributed by atoms with Crippen molar-refractivity contribution in [1.29, 1.82) is 0 Å². The van der Waals surface area contributed by atoms with Gasteiger partial charge < -0.3 is 20.3 Å². The first-order chi connectivity index (χ1) is 18.4. The third-order valence-electron chi connectivity index (χ3n) is 6.36. The third kappa shape index (κ3) is 4.77. The molecule has 0 aliphatic carbocycles. The van der Waals surface area contributed by atoms with E-state index in [0.29, 0.717) is 28.5 Å². The molecule has 198 valence electrons. The van der Waals surface area contributed by atoms with Crippen molar-refractivity contribution < 1.29 is 4.74 Å². The van der Waals surface area contributed by atoms with Crippen LogP contribution in [-0.2, 0) is 6.54 Å². The lowest BCUT2D eigenvalue weighted by atomic mass is 10.2. The van der Waals surface area contributed by atoms with E-state index < -0.39 is 0 Å². The normalized spacial score (nSPS) is 13.7. The standard InChI is InChI=1S/C26H31N9O3/c1-5-10-33-25(37)21-16-28-26(30-24(21)35(33)22-6-7-23(36)34(31-22)17(2)3)29-18-13-19(15-20(14-18)38-4)32-11-8-27-9-12-32/h5-7,13-17,27H,1,8-12H2,2-4H3,(H,28,29,30). The van der Waals surface area contributed by atoms with Crippen molar-refractivity contribution in [2.45, 2.75) is 26.4 Å². The fourth-order valence-electron chi connectivity index (χ4n) is 4.51. The number of rotatable bonds is 8. The molecule has 1 aromatic carbocycles. The summed E-state index contributed by atoms with van der Waals surface area (Å²) in [6, 6.07) is 8.76. The van der Waals surface area contributed by atoms with Crippen LogP contribution in [0.1, 0.15) is 19.9 Å². The maximum absolute atomic E-state index is 13.2. The van der Waals surface area contributed by atoms with Gasteiger partial charge >= 0.3 is 0 Å². The largest absolute Gasteiger partial charge is 0.497 e. The molecule has 38 heavy (non-hydrogen) atoms. The number of anilines is 3. The van der Waals surface area contributed by atoms with Crippen molar-refractivity contribution in [3.05, 3.63) is 69.9 Å². The van der Waals surface area contributed by atoms with E-state index in [1.54, 1.807) is 23.9 Å². The summed E-state index contributed by atoms with van der Waals surface area (Å²) in [7, 11) is 1.63. The summed E-state index contributed by atoms with van der Waals surface area (Å²) in [5.74, 6) is 1.40. The average molecular weight is 518 g/mol. The Kier molecular flexibility index (Phi) is 6.97. The van der Waals surface area contributed by atoms with Gasteiger partial charge in [-0.15, -0.1) is 11.7 Å². The van der Waals surface area contributed by atoms with Crippen LogP contribution >= 0.6 is 0 Å². The van der Waals surface area contributed by atoms with Gasteiger partial charge in [-0.2, -0.15) is 4.98 Å². The maximum atomic E-state index is 13.2. The maximum Gasteiger partial charge on any atom is 0.278 e. The molecular formula is C26H31N9O3. The van der Waals surface area contributed by atoms with E-state index in [0.717, 1.165) is 37.6 Å². The molecule has 1 saturated heterocycles. The van der Waals surface area contributed by atoms with Gasteiger partial charge in [-0.1, -0.05) is 6.08 Å². The second-order valence-corrected chi connectivity index (χ2v) is 9.27. The van der Waals surface area contributed by atoms with Crippen LogP contribution < -0.4 is 31.4 Å². The molecule has 12 heteroatoms. The zero-order chi connectivity index (χ0) is 26.8. The second kappa shape index (κ2) is 10.5. The molecule has 4 aromatic rings. The van der Waals surface area contributed by atoms with Gasteiger partial charge in [0.25, 0.3) is 11.1 Å². The van der Waals surface area contributed by atoms with E-state index in [2.05, 4.69) is 32.2 Å². The second-order valence-electron chi connectivity index (χ2n) is 9.27. The number of benzene rings is 1. The SMILES string of the molecule is C=CCn1c(=O)c2cnc(Nc3cc(OC)cc(N4CCNCC4)c3)nc2n1-c1ccc(=O)n(C(C)C)n1. The molecule has 0 bridgehead atoms. The zero-order valence-corrected chi connectivity index (χ0v) is 21.7. The Morgan fingerprint density at radius 3 is 2.68 bits per heavy atom. The Morgan fingerprint density at radius 1 is 1.18 bits per heavy atom. The minimum absolute atomic E-state index is 0.159. The molecule has 4 heterocycles. The molecule has 12 nitrogen and oxygen atoms in total. The number of nitrogens with zero attached hydrogens (tertiary/aromatic N) is 7. The number of aromatic nitrogens is 6. The number of nitrogens with one attached hydrogen (secondary N) is 2. The van der Waals surface area contributed by atoms with Crippen LogP contribution in [0.25, 0.3) is 16.9 Å². The Labute approximate surface area is 219 Å². The molecule has 2 N–H and O–H groups in total. The average Bonchev–Trinajstić information content (AvgIpc) is 3.20. The van der Waals surface area contributed by atoms with Gasteiger partial charge in [0.1, 0.15) is 11.1 Å². The third-order valence-corrected chi connectivity index (χ3v) is 6.36. The summed E-state index contributed by atoms with van der Waals surface area (Å²) in [5, 5.41) is 11.5. The Morgan fingerprint density at radius 2 is 1.97 bits per heavy atom. The molecule has 0 radical (unpaired) electrons. The van der Waals surface area contributed by atoms with Crippen molar-refractivity contribution in [2.75, 3.05) is 43.5 Å². The van der Waals surface area contributed by atoms with Gasteiger partial charge in [0, 0.05) is 61.9 Å². The highest BCUT2D eigenvalue weighted by Crippen LogP contribution is 2.29. The van der Waals surface area contributed by atoms with Gasteiger partial charge in [-0.3, -0.25) is 9.59 Å². The van der Waals surface area contributed by atoms with Crippen LogP contribution in [-0.4, -0.2) is 62.4 Å². The summed E-state index contributed by atoms with van der Waals surface area (Å²) in [6.45, 7) is 11.4. The molecule has 3 aromatic heterocycles. The van der Waals surface area contributed by atoms with E-state index >= 15 is 0 Å². The molecule has 0 saturated carbocycles. The quantitative estimate of drug-likeness (QED) is 0.338. The zero-order valence-electron chi connectivity index (χ0n) is 21.7. The molecule has 0 spiro atoms. The lowest BCUT2D eigenvalue weighted by molar-refractivity contribution is 0.415. The van der Waals surface area contributed by atoms with Crippen LogP contribution in [0.2, 0.25) is 0 Å². The number of fused-ring (bicyclic) bond motifs is 1. The Balaban J connectivity index is 1.60. The van der Waals surface area contributed by atoms with Crippen LogP contribution in [0, 0.1) is 0 Å². The topological polar surface area (TPSA) is 124 Å². The van der Waals surface area contributed by atoms with Crippen molar-refractivity contribution >= 4 is 28.4 Å². The van der Waals surface area contributed by atoms with Gasteiger partial charge in [-0.05, 0) is 26.0 Å². The molecule has 1 aliphatic rings. The van der Waals surface area contributed by atoms with E-state index in [-0.39, 0.29) is 23.7 Å². The molecule has 0 amide bonds. The number of allylic oxidation sites excluding steroid dienone is 1. The number of ether oxygens (including phenoxy) is 1. The molecule has 1 aliphatic heterocycles. The molecular weight excluding hydrogens is 486 g/mol. The highest BCUT2D eigenvalue weighted by atomic mass is 16.5. The van der Waals surface area contributed by atoms with Crippen molar-refractivity contribution in [1.82, 2.24) is 34.4 Å². The minimum Gasteiger partial charge on any atom is -0.497 e.